The van der Waals surface area contributed by atoms with Gasteiger partial charge in [-0.1, -0.05) is 42.3 Å². The minimum Gasteiger partial charge on any atom is -0.390 e. The van der Waals surface area contributed by atoms with Crippen molar-refractivity contribution in [2.45, 2.75) is 51.6 Å². The third-order valence-electron chi connectivity index (χ3n) is 3.84. The van der Waals surface area contributed by atoms with E-state index in [0.717, 1.165) is 29.3 Å². The summed E-state index contributed by atoms with van der Waals surface area (Å²) < 4.78 is 13.8. The number of rotatable bonds is 2. The molecule has 2 rings (SSSR count). The lowest BCUT2D eigenvalue weighted by atomic mass is 9.68. The Labute approximate surface area is 117 Å². The molecule has 1 fully saturated rings. The highest BCUT2D eigenvalue weighted by Gasteiger charge is 2.38. The predicted octanol–water partition coefficient (Wildman–Crippen LogP) is 4.46. The first kappa shape index (κ1) is 14.0. The Morgan fingerprint density at radius 1 is 1.33 bits per heavy atom. The summed E-state index contributed by atoms with van der Waals surface area (Å²) in [5.41, 5.74) is 0.526. The van der Waals surface area contributed by atoms with E-state index in [-0.39, 0.29) is 11.2 Å². The zero-order valence-corrected chi connectivity index (χ0v) is 12.6. The smallest absolute Gasteiger partial charge is 0.124 e. The summed E-state index contributed by atoms with van der Waals surface area (Å²) in [5, 5.41) is 10.7. The molecule has 1 aromatic carbocycles. The molecular formula is C15H20BrFO. The van der Waals surface area contributed by atoms with Gasteiger partial charge in [0, 0.05) is 10.9 Å². The van der Waals surface area contributed by atoms with Crippen LogP contribution < -0.4 is 0 Å². The van der Waals surface area contributed by atoms with E-state index in [4.69, 9.17) is 0 Å². The van der Waals surface area contributed by atoms with Gasteiger partial charge in [0.15, 0.2) is 0 Å². The van der Waals surface area contributed by atoms with E-state index in [9.17, 15) is 9.50 Å². The molecule has 0 aromatic heterocycles. The second-order valence-electron chi connectivity index (χ2n) is 6.33. The number of hydrogen-bond donors (Lipinski definition) is 1. The van der Waals surface area contributed by atoms with Gasteiger partial charge in [-0.05, 0) is 42.4 Å². The largest absolute Gasteiger partial charge is 0.390 e. The second kappa shape index (κ2) is 4.93. The molecule has 1 unspecified atom stereocenters. The van der Waals surface area contributed by atoms with Crippen LogP contribution >= 0.6 is 15.9 Å². The van der Waals surface area contributed by atoms with Crippen LogP contribution in [-0.4, -0.2) is 10.7 Å². The van der Waals surface area contributed by atoms with Gasteiger partial charge < -0.3 is 5.11 Å². The molecule has 0 aliphatic heterocycles. The Morgan fingerprint density at radius 2 is 2.06 bits per heavy atom. The molecule has 1 N–H and O–H groups in total. The zero-order valence-electron chi connectivity index (χ0n) is 11.0. The maximum atomic E-state index is 13.1. The fraction of sp³-hybridized carbons (Fsp3) is 0.600. The maximum absolute atomic E-state index is 13.1. The Morgan fingerprint density at radius 3 is 2.67 bits per heavy atom. The van der Waals surface area contributed by atoms with E-state index >= 15 is 0 Å². The summed E-state index contributed by atoms with van der Waals surface area (Å²) >= 11 is 3.38. The predicted molar refractivity (Wildman–Crippen MR) is 75.0 cm³/mol. The van der Waals surface area contributed by atoms with Crippen molar-refractivity contribution in [2.75, 3.05) is 0 Å². The average Bonchev–Trinajstić information content (AvgIpc) is 2.20. The normalized spacial score (nSPS) is 27.2. The van der Waals surface area contributed by atoms with Gasteiger partial charge in [0.25, 0.3) is 0 Å². The summed E-state index contributed by atoms with van der Waals surface area (Å²) in [5.74, 6) is -0.249. The molecule has 1 aliphatic carbocycles. The van der Waals surface area contributed by atoms with Gasteiger partial charge in [0.1, 0.15) is 5.82 Å². The quantitative estimate of drug-likeness (QED) is 0.854. The van der Waals surface area contributed by atoms with Crippen LogP contribution in [-0.2, 0) is 6.42 Å². The molecule has 0 radical (unpaired) electrons. The first-order chi connectivity index (χ1) is 8.30. The lowest BCUT2D eigenvalue weighted by Crippen LogP contribution is -2.40. The van der Waals surface area contributed by atoms with Crippen LogP contribution in [0.3, 0.4) is 0 Å². The molecular weight excluding hydrogens is 295 g/mol. The number of hydrogen-bond acceptors (Lipinski definition) is 1. The molecule has 1 aromatic rings. The monoisotopic (exact) mass is 314 g/mol. The third-order valence-corrected chi connectivity index (χ3v) is 4.58. The molecule has 18 heavy (non-hydrogen) atoms. The van der Waals surface area contributed by atoms with Gasteiger partial charge in [-0.25, -0.2) is 4.39 Å². The second-order valence-corrected chi connectivity index (χ2v) is 7.19. The fourth-order valence-corrected chi connectivity index (χ4v) is 3.63. The Hall–Kier alpha value is -0.410. The van der Waals surface area contributed by atoms with Gasteiger partial charge in [-0.3, -0.25) is 0 Å². The summed E-state index contributed by atoms with van der Waals surface area (Å²) in [4.78, 5) is 0. The highest BCUT2D eigenvalue weighted by Crippen LogP contribution is 2.43. The minimum atomic E-state index is -0.651. The highest BCUT2D eigenvalue weighted by molar-refractivity contribution is 9.10. The van der Waals surface area contributed by atoms with Crippen molar-refractivity contribution < 1.29 is 9.50 Å². The topological polar surface area (TPSA) is 20.2 Å². The molecule has 0 amide bonds. The molecule has 0 spiro atoms. The van der Waals surface area contributed by atoms with Crippen LogP contribution in [0.5, 0.6) is 0 Å². The van der Waals surface area contributed by atoms with Crippen LogP contribution in [0.4, 0.5) is 4.39 Å². The molecule has 1 atom stereocenters. The molecule has 100 valence electrons. The van der Waals surface area contributed by atoms with Crippen LogP contribution in [0.1, 0.15) is 45.1 Å². The maximum Gasteiger partial charge on any atom is 0.124 e. The zero-order chi connectivity index (χ0) is 13.4. The van der Waals surface area contributed by atoms with Gasteiger partial charge in [-0.2, -0.15) is 0 Å². The van der Waals surface area contributed by atoms with E-state index in [0.29, 0.717) is 6.42 Å². The average molecular weight is 315 g/mol. The van der Waals surface area contributed by atoms with Gasteiger partial charge in [-0.15, -0.1) is 0 Å². The Balaban J connectivity index is 2.17. The highest BCUT2D eigenvalue weighted by atomic mass is 79.9. The van der Waals surface area contributed by atoms with E-state index < -0.39 is 5.60 Å². The summed E-state index contributed by atoms with van der Waals surface area (Å²) in [6, 6.07) is 4.68. The van der Waals surface area contributed by atoms with Gasteiger partial charge in [0.2, 0.25) is 0 Å². The van der Waals surface area contributed by atoms with Crippen LogP contribution in [0.2, 0.25) is 0 Å². The summed E-state index contributed by atoms with van der Waals surface area (Å²) in [7, 11) is 0. The van der Waals surface area contributed by atoms with Crippen molar-refractivity contribution in [3.05, 3.63) is 34.1 Å². The minimum absolute atomic E-state index is 0.194. The van der Waals surface area contributed by atoms with Crippen LogP contribution in [0.25, 0.3) is 0 Å². The van der Waals surface area contributed by atoms with E-state index in [1.807, 2.05) is 0 Å². The first-order valence-corrected chi connectivity index (χ1v) is 7.25. The third kappa shape index (κ3) is 3.33. The summed E-state index contributed by atoms with van der Waals surface area (Å²) in [6.07, 6.45) is 4.46. The molecule has 3 heteroatoms. The van der Waals surface area contributed by atoms with Gasteiger partial charge in [0.05, 0.1) is 5.60 Å². The number of halogens is 2. The van der Waals surface area contributed by atoms with Crippen molar-refractivity contribution in [1.29, 1.82) is 0 Å². The SMILES string of the molecule is CC1(C)CCCC(O)(Cc2ccc(F)cc2Br)C1. The van der Waals surface area contributed by atoms with Crippen molar-refractivity contribution >= 4 is 15.9 Å². The van der Waals surface area contributed by atoms with E-state index in [1.54, 1.807) is 6.07 Å². The number of aliphatic hydroxyl groups is 1. The lowest BCUT2D eigenvalue weighted by molar-refractivity contribution is -0.0383. The van der Waals surface area contributed by atoms with Gasteiger partial charge >= 0.3 is 0 Å². The molecule has 0 bridgehead atoms. The first-order valence-electron chi connectivity index (χ1n) is 6.46. The van der Waals surface area contributed by atoms with Crippen molar-refractivity contribution in [2.24, 2.45) is 5.41 Å². The fourth-order valence-electron chi connectivity index (χ4n) is 3.13. The van der Waals surface area contributed by atoms with Crippen LogP contribution in [0.15, 0.2) is 22.7 Å². The molecule has 1 nitrogen and oxygen atoms in total. The molecule has 0 saturated heterocycles. The molecule has 1 aliphatic rings. The van der Waals surface area contributed by atoms with Crippen molar-refractivity contribution in [3.63, 3.8) is 0 Å². The van der Waals surface area contributed by atoms with Crippen molar-refractivity contribution in [3.8, 4) is 0 Å². The van der Waals surface area contributed by atoms with E-state index in [2.05, 4.69) is 29.8 Å². The van der Waals surface area contributed by atoms with Crippen molar-refractivity contribution in [1.82, 2.24) is 0 Å². The Kier molecular flexibility index (Phi) is 3.84. The summed E-state index contributed by atoms with van der Waals surface area (Å²) in [6.45, 7) is 4.41. The standard InChI is InChI=1S/C15H20BrFO/c1-14(2)6-3-7-15(18,10-14)9-11-4-5-12(17)8-13(11)16/h4-5,8,18H,3,6-7,9-10H2,1-2H3. The molecule has 0 heterocycles. The lowest BCUT2D eigenvalue weighted by Gasteiger charge is -2.41. The Bertz CT molecular complexity index is 444. The van der Waals surface area contributed by atoms with E-state index in [1.165, 1.54) is 18.6 Å². The van der Waals surface area contributed by atoms with Crippen LogP contribution in [0, 0.1) is 11.2 Å². The molecule has 1 saturated carbocycles. The number of benzene rings is 1.